The van der Waals surface area contributed by atoms with E-state index in [1.165, 1.54) is 12.1 Å². The number of amides is 2. The number of para-hydroxylation sites is 1. The number of imide groups is 1. The fourth-order valence-corrected chi connectivity index (χ4v) is 3.47. The predicted octanol–water partition coefficient (Wildman–Crippen LogP) is 4.57. The number of carbonyl (C=O) groups excluding carboxylic acids is 2. The number of anilines is 1. The molecule has 0 unspecified atom stereocenters. The van der Waals surface area contributed by atoms with E-state index < -0.39 is 17.1 Å². The van der Waals surface area contributed by atoms with Gasteiger partial charge in [0.1, 0.15) is 0 Å². The van der Waals surface area contributed by atoms with Gasteiger partial charge in [0.15, 0.2) is 0 Å². The summed E-state index contributed by atoms with van der Waals surface area (Å²) in [5, 5.41) is 8.78. The molecule has 1 heterocycles. The van der Waals surface area contributed by atoms with Gasteiger partial charge in [0.25, 0.3) is 11.1 Å². The smallest absolute Gasteiger partial charge is 0.337 e. The van der Waals surface area contributed by atoms with E-state index in [1.807, 2.05) is 43.3 Å². The second-order valence-electron chi connectivity index (χ2n) is 5.64. The van der Waals surface area contributed by atoms with Gasteiger partial charge in [-0.2, -0.15) is 0 Å². The molecule has 0 atom stereocenters. The lowest BCUT2D eigenvalue weighted by atomic mass is 10.1. The van der Waals surface area contributed by atoms with Gasteiger partial charge in [0.05, 0.1) is 16.2 Å². The van der Waals surface area contributed by atoms with E-state index in [0.717, 1.165) is 27.8 Å². The van der Waals surface area contributed by atoms with Crippen LogP contribution < -0.4 is 4.90 Å². The molecule has 1 aliphatic heterocycles. The van der Waals surface area contributed by atoms with Gasteiger partial charge in [-0.15, -0.1) is 0 Å². The van der Waals surface area contributed by atoms with Crippen LogP contribution >= 0.6 is 11.8 Å². The Labute approximate surface area is 154 Å². The number of hydrogen-bond acceptors (Lipinski definition) is 4. The van der Waals surface area contributed by atoms with Crippen LogP contribution in [0.4, 0.5) is 10.5 Å². The molecular formula is C20H15NO4S. The maximum Gasteiger partial charge on any atom is 0.337 e. The first kappa shape index (κ1) is 17.7. The van der Waals surface area contributed by atoms with Gasteiger partial charge >= 0.3 is 5.97 Å². The molecule has 2 amide bonds. The summed E-state index contributed by atoms with van der Waals surface area (Å²) >= 11 is 0.801. The molecule has 3 rings (SSSR count). The zero-order chi connectivity index (χ0) is 18.7. The average molecular weight is 365 g/mol. The highest BCUT2D eigenvalue weighted by molar-refractivity contribution is 8.18. The second-order valence-corrected chi connectivity index (χ2v) is 6.63. The first-order valence-electron chi connectivity index (χ1n) is 7.81. The van der Waals surface area contributed by atoms with Crippen LogP contribution in [0, 0.1) is 0 Å². The second kappa shape index (κ2) is 7.41. The first-order valence-corrected chi connectivity index (χ1v) is 8.62. The van der Waals surface area contributed by atoms with E-state index in [0.29, 0.717) is 0 Å². The zero-order valence-electron chi connectivity index (χ0n) is 13.9. The Balaban J connectivity index is 1.93. The maximum absolute atomic E-state index is 12.7. The van der Waals surface area contributed by atoms with Crippen LogP contribution in [0.15, 0.2) is 71.2 Å². The largest absolute Gasteiger partial charge is 0.478 e. The van der Waals surface area contributed by atoms with Gasteiger partial charge in [-0.25, -0.2) is 9.69 Å². The molecule has 0 spiro atoms. The summed E-state index contributed by atoms with van der Waals surface area (Å²) in [5.41, 5.74) is 1.79. The zero-order valence-corrected chi connectivity index (χ0v) is 14.7. The number of nitrogens with zero attached hydrogens (tertiary/aromatic N) is 1. The van der Waals surface area contributed by atoms with Crippen molar-refractivity contribution in [2.24, 2.45) is 0 Å². The van der Waals surface area contributed by atoms with E-state index in [1.54, 1.807) is 18.2 Å². The molecule has 1 N–H and O–H groups in total. The quantitative estimate of drug-likeness (QED) is 0.803. The summed E-state index contributed by atoms with van der Waals surface area (Å²) in [6.45, 7) is 1.84. The summed E-state index contributed by atoms with van der Waals surface area (Å²) in [4.78, 5) is 37.6. The molecular weight excluding hydrogens is 350 g/mol. The number of thioether (sulfide) groups is 1. The number of carboxylic acids is 1. The van der Waals surface area contributed by atoms with Gasteiger partial charge in [0, 0.05) is 0 Å². The fourth-order valence-electron chi connectivity index (χ4n) is 2.59. The van der Waals surface area contributed by atoms with Crippen molar-refractivity contribution in [1.29, 1.82) is 0 Å². The van der Waals surface area contributed by atoms with Gasteiger partial charge < -0.3 is 5.11 Å². The standard InChI is InChI=1S/C20H15NO4S/c1-13(11-14-7-3-2-4-8-14)12-17-18(22)21(20(25)26-17)16-10-6-5-9-15(16)19(23)24/h2-12H,1H3,(H,23,24). The number of carbonyl (C=O) groups is 3. The fraction of sp³-hybridized carbons (Fsp3) is 0.0500. The van der Waals surface area contributed by atoms with Crippen molar-refractivity contribution in [2.75, 3.05) is 4.90 Å². The summed E-state index contributed by atoms with van der Waals surface area (Å²) in [7, 11) is 0. The number of carboxylic acid groups (broad SMARTS) is 1. The van der Waals surface area contributed by atoms with Crippen LogP contribution in [0.2, 0.25) is 0 Å². The summed E-state index contributed by atoms with van der Waals surface area (Å²) in [5.74, 6) is -1.71. The Kier molecular flexibility index (Phi) is 5.04. The number of rotatable bonds is 4. The molecule has 0 bridgehead atoms. The molecule has 1 saturated heterocycles. The highest BCUT2D eigenvalue weighted by atomic mass is 32.2. The third-order valence-electron chi connectivity index (χ3n) is 3.72. The van der Waals surface area contributed by atoms with Crippen LogP contribution in [-0.2, 0) is 4.79 Å². The SMILES string of the molecule is CC(=Cc1ccccc1)C=C1SC(=O)N(c2ccccc2C(=O)O)C1=O. The lowest BCUT2D eigenvalue weighted by molar-refractivity contribution is -0.113. The van der Waals surface area contributed by atoms with Crippen LogP contribution in [0.1, 0.15) is 22.8 Å². The molecule has 1 aliphatic rings. The molecule has 2 aromatic carbocycles. The molecule has 6 heteroatoms. The normalized spacial score (nSPS) is 16.4. The Hall–Kier alpha value is -3.12. The molecule has 0 saturated carbocycles. The molecule has 0 aromatic heterocycles. The van der Waals surface area contributed by atoms with Crippen LogP contribution in [0.3, 0.4) is 0 Å². The topological polar surface area (TPSA) is 74.7 Å². The van der Waals surface area contributed by atoms with Crippen molar-refractivity contribution >= 4 is 40.6 Å². The molecule has 130 valence electrons. The minimum Gasteiger partial charge on any atom is -0.478 e. The van der Waals surface area contributed by atoms with Crippen LogP contribution in [0.5, 0.6) is 0 Å². The molecule has 2 aromatic rings. The third-order valence-corrected chi connectivity index (χ3v) is 4.59. The lowest BCUT2D eigenvalue weighted by Crippen LogP contribution is -2.29. The van der Waals surface area contributed by atoms with Crippen molar-refractivity contribution in [3.8, 4) is 0 Å². The summed E-state index contributed by atoms with van der Waals surface area (Å²) in [6.07, 6.45) is 3.54. The van der Waals surface area contributed by atoms with E-state index in [-0.39, 0.29) is 16.2 Å². The minimum atomic E-state index is -1.19. The third kappa shape index (κ3) is 3.60. The van der Waals surface area contributed by atoms with E-state index in [2.05, 4.69) is 0 Å². The molecule has 0 aliphatic carbocycles. The van der Waals surface area contributed by atoms with Crippen LogP contribution in [-0.4, -0.2) is 22.2 Å². The Morgan fingerprint density at radius 1 is 1.04 bits per heavy atom. The highest BCUT2D eigenvalue weighted by Gasteiger charge is 2.38. The molecule has 0 radical (unpaired) electrons. The average Bonchev–Trinajstić information content (AvgIpc) is 2.89. The van der Waals surface area contributed by atoms with Crippen molar-refractivity contribution < 1.29 is 19.5 Å². The molecule has 5 nitrogen and oxygen atoms in total. The van der Waals surface area contributed by atoms with E-state index in [9.17, 15) is 19.5 Å². The van der Waals surface area contributed by atoms with Crippen molar-refractivity contribution in [3.05, 3.63) is 82.3 Å². The first-order chi connectivity index (χ1) is 12.5. The summed E-state index contributed by atoms with van der Waals surface area (Å²) < 4.78 is 0. The van der Waals surface area contributed by atoms with Crippen LogP contribution in [0.25, 0.3) is 6.08 Å². The van der Waals surface area contributed by atoms with E-state index >= 15 is 0 Å². The number of aromatic carboxylic acids is 1. The van der Waals surface area contributed by atoms with Gasteiger partial charge in [-0.1, -0.05) is 48.5 Å². The van der Waals surface area contributed by atoms with Crippen molar-refractivity contribution in [3.63, 3.8) is 0 Å². The summed E-state index contributed by atoms with van der Waals surface area (Å²) in [6, 6.07) is 15.6. The van der Waals surface area contributed by atoms with Crippen molar-refractivity contribution in [2.45, 2.75) is 6.92 Å². The highest BCUT2D eigenvalue weighted by Crippen LogP contribution is 2.36. The van der Waals surface area contributed by atoms with Gasteiger partial charge in [0.2, 0.25) is 0 Å². The Bertz CT molecular complexity index is 947. The molecule has 1 fully saturated rings. The van der Waals surface area contributed by atoms with Gasteiger partial charge in [-0.3, -0.25) is 9.59 Å². The predicted molar refractivity (Wildman–Crippen MR) is 102 cm³/mol. The maximum atomic E-state index is 12.7. The minimum absolute atomic E-state index is 0.0793. The Morgan fingerprint density at radius 2 is 1.69 bits per heavy atom. The van der Waals surface area contributed by atoms with Gasteiger partial charge in [-0.05, 0) is 48.0 Å². The Morgan fingerprint density at radius 3 is 2.38 bits per heavy atom. The van der Waals surface area contributed by atoms with Crippen molar-refractivity contribution in [1.82, 2.24) is 0 Å². The monoisotopic (exact) mass is 365 g/mol. The number of hydrogen-bond donors (Lipinski definition) is 1. The lowest BCUT2D eigenvalue weighted by Gasteiger charge is -2.14. The molecule has 26 heavy (non-hydrogen) atoms. The number of benzene rings is 2. The van der Waals surface area contributed by atoms with E-state index in [4.69, 9.17) is 0 Å². The number of allylic oxidation sites excluding steroid dienone is 2.